The van der Waals surface area contributed by atoms with E-state index in [0.29, 0.717) is 17.5 Å². The van der Waals surface area contributed by atoms with E-state index in [1.165, 1.54) is 27.1 Å². The molecule has 0 N–H and O–H groups in total. The summed E-state index contributed by atoms with van der Waals surface area (Å²) in [6, 6.07) is 57.8. The molecule has 58 heavy (non-hydrogen) atoms. The molecule has 0 saturated heterocycles. The van der Waals surface area contributed by atoms with Crippen molar-refractivity contribution < 1.29 is 4.42 Å². The highest BCUT2D eigenvalue weighted by Gasteiger charge is 2.21. The molecule has 5 nitrogen and oxygen atoms in total. The number of furan rings is 1. The van der Waals surface area contributed by atoms with E-state index in [1.54, 1.807) is 0 Å². The molecular formula is C53H34N4O. The fourth-order valence-corrected chi connectivity index (χ4v) is 9.02. The highest BCUT2D eigenvalue weighted by atomic mass is 16.3. The average molecular weight is 743 g/mol. The smallest absolute Gasteiger partial charge is 0.164 e. The molecule has 1 atom stereocenters. The number of benzene rings is 8. The van der Waals surface area contributed by atoms with Crippen LogP contribution in [0.15, 0.2) is 193 Å². The standard InChI is InChI=1S/C53H34N4O/c1-3-14-33(15-4-1)39-20-9-10-22-42(39)53-55-51(34-16-5-2-6-17-34)54-52(56-53)38-26-28-40-37(30-38)27-29-48-49(40)43-23-13-25-46(50(43)58-48)57-45-24-12-11-21-41(45)44-31-35-18-7-8-19-36(35)32-47(44)57/h1-14,16-33H,15H2. The minimum atomic E-state index is 0.254. The van der Waals surface area contributed by atoms with Gasteiger partial charge in [0.25, 0.3) is 0 Å². The molecule has 0 radical (unpaired) electrons. The largest absolute Gasteiger partial charge is 0.454 e. The first-order valence-corrected chi connectivity index (χ1v) is 19.8. The maximum atomic E-state index is 6.84. The second kappa shape index (κ2) is 13.0. The fourth-order valence-electron chi connectivity index (χ4n) is 9.02. The van der Waals surface area contributed by atoms with Gasteiger partial charge in [0.2, 0.25) is 0 Å². The number of hydrogen-bond donors (Lipinski definition) is 0. The Hall–Kier alpha value is -7.63. The Kier molecular flexibility index (Phi) is 7.29. The molecule has 1 aliphatic rings. The highest BCUT2D eigenvalue weighted by Crippen LogP contribution is 2.42. The van der Waals surface area contributed by atoms with Gasteiger partial charge in [0.1, 0.15) is 5.58 Å². The van der Waals surface area contributed by atoms with Crippen molar-refractivity contribution in [2.45, 2.75) is 12.3 Å². The molecule has 11 aromatic rings. The first-order chi connectivity index (χ1) is 28.7. The van der Waals surface area contributed by atoms with Gasteiger partial charge < -0.3 is 8.98 Å². The fraction of sp³-hybridized carbons (Fsp3) is 0.0377. The lowest BCUT2D eigenvalue weighted by atomic mass is 9.89. The molecule has 3 heterocycles. The predicted molar refractivity (Wildman–Crippen MR) is 238 cm³/mol. The molecule has 272 valence electrons. The third kappa shape index (κ3) is 5.14. The summed E-state index contributed by atoms with van der Waals surface area (Å²) < 4.78 is 9.21. The topological polar surface area (TPSA) is 56.7 Å². The predicted octanol–water partition coefficient (Wildman–Crippen LogP) is 13.8. The van der Waals surface area contributed by atoms with Crippen LogP contribution in [0, 0.1) is 0 Å². The van der Waals surface area contributed by atoms with Gasteiger partial charge in [-0.25, -0.2) is 15.0 Å². The van der Waals surface area contributed by atoms with Crippen molar-refractivity contribution in [2.75, 3.05) is 0 Å². The molecular weight excluding hydrogens is 709 g/mol. The summed E-state index contributed by atoms with van der Waals surface area (Å²) >= 11 is 0. The SMILES string of the molecule is C1=CCC(c2ccccc2-c2nc(-c3ccccc3)nc(-c3ccc4c(ccc5oc6c(-n7c8ccccc8c8cc9ccccc9cc87)cccc6c54)c3)n2)C=C1. The minimum Gasteiger partial charge on any atom is -0.454 e. The Bertz CT molecular complexity index is 3500. The molecule has 0 aliphatic heterocycles. The lowest BCUT2D eigenvalue weighted by Crippen LogP contribution is -2.04. The van der Waals surface area contributed by atoms with E-state index in [1.807, 2.05) is 18.2 Å². The van der Waals surface area contributed by atoms with Gasteiger partial charge in [-0.2, -0.15) is 0 Å². The molecule has 12 rings (SSSR count). The highest BCUT2D eigenvalue weighted by molar-refractivity contribution is 6.21. The van der Waals surface area contributed by atoms with Crippen LogP contribution in [0.4, 0.5) is 0 Å². The maximum absolute atomic E-state index is 6.84. The van der Waals surface area contributed by atoms with E-state index in [-0.39, 0.29) is 5.92 Å². The normalized spacial score (nSPS) is 14.2. The quantitative estimate of drug-likeness (QED) is 0.176. The number of hydrogen-bond acceptors (Lipinski definition) is 4. The molecule has 1 unspecified atom stereocenters. The molecule has 0 spiro atoms. The Morgan fingerprint density at radius 3 is 2.14 bits per heavy atom. The number of nitrogens with zero attached hydrogens (tertiary/aromatic N) is 4. The van der Waals surface area contributed by atoms with Gasteiger partial charge in [0, 0.05) is 44.2 Å². The molecule has 0 bridgehead atoms. The van der Waals surface area contributed by atoms with Crippen LogP contribution < -0.4 is 0 Å². The van der Waals surface area contributed by atoms with E-state index < -0.39 is 0 Å². The number of aromatic nitrogens is 4. The number of para-hydroxylation sites is 2. The third-order valence-electron chi connectivity index (χ3n) is 11.7. The Labute approximate surface area is 333 Å². The monoisotopic (exact) mass is 742 g/mol. The zero-order valence-corrected chi connectivity index (χ0v) is 31.4. The van der Waals surface area contributed by atoms with Crippen molar-refractivity contribution in [3.05, 3.63) is 194 Å². The zero-order valence-electron chi connectivity index (χ0n) is 31.4. The van der Waals surface area contributed by atoms with Gasteiger partial charge in [0.05, 0.1) is 16.7 Å². The Morgan fingerprint density at radius 1 is 0.500 bits per heavy atom. The van der Waals surface area contributed by atoms with Crippen LogP contribution >= 0.6 is 0 Å². The van der Waals surface area contributed by atoms with E-state index >= 15 is 0 Å². The van der Waals surface area contributed by atoms with Crippen LogP contribution in [0.25, 0.3) is 105 Å². The van der Waals surface area contributed by atoms with E-state index in [4.69, 9.17) is 19.4 Å². The molecule has 0 amide bonds. The lowest BCUT2D eigenvalue weighted by molar-refractivity contribution is 0.666. The molecule has 0 saturated carbocycles. The summed E-state index contributed by atoms with van der Waals surface area (Å²) in [7, 11) is 0. The lowest BCUT2D eigenvalue weighted by Gasteiger charge is -2.18. The van der Waals surface area contributed by atoms with Crippen molar-refractivity contribution in [3.63, 3.8) is 0 Å². The van der Waals surface area contributed by atoms with Crippen LogP contribution in [0.5, 0.6) is 0 Å². The van der Waals surface area contributed by atoms with E-state index in [9.17, 15) is 0 Å². The van der Waals surface area contributed by atoms with Gasteiger partial charge >= 0.3 is 0 Å². The van der Waals surface area contributed by atoms with Crippen LogP contribution in [-0.2, 0) is 0 Å². The number of allylic oxidation sites excluding steroid dienone is 4. The second-order valence-corrected chi connectivity index (χ2v) is 15.1. The van der Waals surface area contributed by atoms with Crippen LogP contribution in [0.1, 0.15) is 17.9 Å². The zero-order chi connectivity index (χ0) is 38.2. The van der Waals surface area contributed by atoms with Gasteiger partial charge in [-0.3, -0.25) is 0 Å². The van der Waals surface area contributed by atoms with Crippen LogP contribution in [0.3, 0.4) is 0 Å². The summed E-state index contributed by atoms with van der Waals surface area (Å²) in [6.07, 6.45) is 9.66. The van der Waals surface area contributed by atoms with E-state index in [0.717, 1.165) is 72.5 Å². The van der Waals surface area contributed by atoms with Crippen molar-refractivity contribution in [2.24, 2.45) is 0 Å². The van der Waals surface area contributed by atoms with Crippen molar-refractivity contribution in [1.29, 1.82) is 0 Å². The molecule has 3 aromatic heterocycles. The molecule has 1 aliphatic carbocycles. The Balaban J connectivity index is 1.03. The Morgan fingerprint density at radius 2 is 1.26 bits per heavy atom. The molecule has 8 aromatic carbocycles. The first-order valence-electron chi connectivity index (χ1n) is 19.8. The van der Waals surface area contributed by atoms with Gasteiger partial charge in [-0.15, -0.1) is 0 Å². The summed E-state index contributed by atoms with van der Waals surface area (Å²) in [5, 5.41) is 9.26. The van der Waals surface area contributed by atoms with Crippen molar-refractivity contribution in [3.8, 4) is 39.9 Å². The van der Waals surface area contributed by atoms with Crippen molar-refractivity contribution in [1.82, 2.24) is 19.5 Å². The number of rotatable bonds is 5. The van der Waals surface area contributed by atoms with Gasteiger partial charge in [-0.05, 0) is 69.9 Å². The minimum absolute atomic E-state index is 0.254. The number of fused-ring (bicyclic) bond motifs is 9. The summed E-state index contributed by atoms with van der Waals surface area (Å²) in [4.78, 5) is 15.4. The molecule has 0 fully saturated rings. The molecule has 5 heteroatoms. The van der Waals surface area contributed by atoms with E-state index in [2.05, 4.69) is 174 Å². The van der Waals surface area contributed by atoms with Crippen LogP contribution in [0.2, 0.25) is 0 Å². The maximum Gasteiger partial charge on any atom is 0.164 e. The average Bonchev–Trinajstić information content (AvgIpc) is 3.84. The van der Waals surface area contributed by atoms with Gasteiger partial charge in [-0.1, -0.05) is 152 Å². The third-order valence-corrected chi connectivity index (χ3v) is 11.7. The summed E-state index contributed by atoms with van der Waals surface area (Å²) in [6.45, 7) is 0. The second-order valence-electron chi connectivity index (χ2n) is 15.1. The summed E-state index contributed by atoms with van der Waals surface area (Å²) in [5.41, 5.74) is 9.15. The first kappa shape index (κ1) is 32.6. The van der Waals surface area contributed by atoms with Crippen molar-refractivity contribution >= 4 is 65.3 Å². The van der Waals surface area contributed by atoms with Gasteiger partial charge in [0.15, 0.2) is 23.1 Å². The summed E-state index contributed by atoms with van der Waals surface area (Å²) in [5.74, 6) is 2.21. The van der Waals surface area contributed by atoms with Crippen LogP contribution in [-0.4, -0.2) is 19.5 Å².